The van der Waals surface area contributed by atoms with Crippen molar-refractivity contribution >= 4 is 29.1 Å². The lowest BCUT2D eigenvalue weighted by atomic mass is 10.1. The van der Waals surface area contributed by atoms with Gasteiger partial charge in [-0.3, -0.25) is 14.5 Å². The summed E-state index contributed by atoms with van der Waals surface area (Å²) in [5, 5.41) is 3.24. The molecule has 1 atom stereocenters. The SMILES string of the molecule is CC(C1CC1)N(CC(=O)N(C)CC(=O)Nc1ccccc1Cl)Cc1ccccc1. The number of anilines is 1. The predicted octanol–water partition coefficient (Wildman–Crippen LogP) is 4.04. The van der Waals surface area contributed by atoms with Gasteiger partial charge in [-0.25, -0.2) is 0 Å². The number of para-hydroxylation sites is 1. The highest BCUT2D eigenvalue weighted by molar-refractivity contribution is 6.33. The van der Waals surface area contributed by atoms with Gasteiger partial charge >= 0.3 is 0 Å². The van der Waals surface area contributed by atoms with Crippen LogP contribution in [0.25, 0.3) is 0 Å². The van der Waals surface area contributed by atoms with E-state index in [0.717, 1.165) is 6.54 Å². The molecule has 0 heterocycles. The molecule has 0 bridgehead atoms. The summed E-state index contributed by atoms with van der Waals surface area (Å²) in [6.45, 7) is 3.20. The van der Waals surface area contributed by atoms with E-state index < -0.39 is 0 Å². The molecule has 0 aromatic heterocycles. The second-order valence-corrected chi connectivity index (χ2v) is 8.15. The number of nitrogens with one attached hydrogen (secondary N) is 1. The van der Waals surface area contributed by atoms with Crippen LogP contribution >= 0.6 is 11.6 Å². The van der Waals surface area contributed by atoms with Crippen molar-refractivity contribution in [1.29, 1.82) is 0 Å². The zero-order valence-electron chi connectivity index (χ0n) is 17.0. The first kappa shape index (κ1) is 21.3. The van der Waals surface area contributed by atoms with Crippen molar-refractivity contribution < 1.29 is 9.59 Å². The number of hydrogen-bond donors (Lipinski definition) is 1. The third-order valence-corrected chi connectivity index (χ3v) is 5.73. The van der Waals surface area contributed by atoms with E-state index in [2.05, 4.69) is 29.3 Å². The average Bonchev–Trinajstić information content (AvgIpc) is 3.54. The van der Waals surface area contributed by atoms with Crippen LogP contribution in [0.1, 0.15) is 25.3 Å². The average molecular weight is 414 g/mol. The van der Waals surface area contributed by atoms with Crippen molar-refractivity contribution in [3.63, 3.8) is 0 Å². The zero-order chi connectivity index (χ0) is 20.8. The molecule has 0 spiro atoms. The molecule has 1 unspecified atom stereocenters. The number of carbonyl (C=O) groups is 2. The molecule has 1 saturated carbocycles. The molecule has 0 aliphatic heterocycles. The van der Waals surface area contributed by atoms with Crippen LogP contribution in [-0.4, -0.2) is 47.8 Å². The van der Waals surface area contributed by atoms with Gasteiger partial charge in [-0.1, -0.05) is 54.1 Å². The third-order valence-electron chi connectivity index (χ3n) is 5.40. The largest absolute Gasteiger partial charge is 0.335 e. The van der Waals surface area contributed by atoms with Crippen molar-refractivity contribution in [1.82, 2.24) is 9.80 Å². The van der Waals surface area contributed by atoms with Crippen molar-refractivity contribution in [2.75, 3.05) is 25.5 Å². The summed E-state index contributed by atoms with van der Waals surface area (Å²) < 4.78 is 0. The van der Waals surface area contributed by atoms with Gasteiger partial charge in [0.15, 0.2) is 0 Å². The normalized spacial score (nSPS) is 14.5. The molecule has 6 heteroatoms. The Hall–Kier alpha value is -2.37. The Labute approximate surface area is 177 Å². The van der Waals surface area contributed by atoms with E-state index in [4.69, 9.17) is 11.6 Å². The molecule has 1 aliphatic rings. The van der Waals surface area contributed by atoms with Crippen molar-refractivity contribution in [3.8, 4) is 0 Å². The van der Waals surface area contributed by atoms with Crippen LogP contribution in [0, 0.1) is 5.92 Å². The smallest absolute Gasteiger partial charge is 0.244 e. The fourth-order valence-electron chi connectivity index (χ4n) is 3.39. The lowest BCUT2D eigenvalue weighted by molar-refractivity contribution is -0.135. The van der Waals surface area contributed by atoms with Crippen molar-refractivity contribution in [2.24, 2.45) is 5.92 Å². The van der Waals surface area contributed by atoms with Crippen LogP contribution in [0.15, 0.2) is 54.6 Å². The molecule has 2 aromatic rings. The Morgan fingerprint density at radius 2 is 1.72 bits per heavy atom. The second kappa shape index (κ2) is 9.90. The van der Waals surface area contributed by atoms with E-state index in [1.54, 1.807) is 31.3 Å². The number of likely N-dealkylation sites (N-methyl/N-ethyl adjacent to an activating group) is 1. The predicted molar refractivity (Wildman–Crippen MR) is 117 cm³/mol. The summed E-state index contributed by atoms with van der Waals surface area (Å²) in [7, 11) is 1.66. The minimum absolute atomic E-state index is 0.0129. The molecule has 2 amide bonds. The molecular weight excluding hydrogens is 386 g/mol. The molecule has 154 valence electrons. The molecule has 1 fully saturated rings. The molecule has 5 nitrogen and oxygen atoms in total. The summed E-state index contributed by atoms with van der Waals surface area (Å²) in [6, 6.07) is 17.6. The molecule has 2 aromatic carbocycles. The van der Waals surface area contributed by atoms with Gasteiger partial charge in [0.2, 0.25) is 11.8 Å². The van der Waals surface area contributed by atoms with E-state index in [9.17, 15) is 9.59 Å². The Morgan fingerprint density at radius 3 is 2.38 bits per heavy atom. The van der Waals surface area contributed by atoms with Crippen LogP contribution < -0.4 is 5.32 Å². The number of benzene rings is 2. The van der Waals surface area contributed by atoms with E-state index >= 15 is 0 Å². The number of amides is 2. The first-order valence-corrected chi connectivity index (χ1v) is 10.4. The Kier molecular flexibility index (Phi) is 7.29. The highest BCUT2D eigenvalue weighted by Crippen LogP contribution is 2.35. The van der Waals surface area contributed by atoms with Gasteiger partial charge in [-0.05, 0) is 43.4 Å². The summed E-state index contributed by atoms with van der Waals surface area (Å²) in [5.74, 6) is 0.321. The standard InChI is InChI=1S/C23H28ClN3O2/c1-17(19-12-13-19)27(14-18-8-4-3-5-9-18)16-23(29)26(2)15-22(28)25-21-11-7-6-10-20(21)24/h3-11,17,19H,12-16H2,1-2H3,(H,25,28). The summed E-state index contributed by atoms with van der Waals surface area (Å²) in [5.41, 5.74) is 1.74. The molecular formula is C23H28ClN3O2. The number of nitrogens with zero attached hydrogens (tertiary/aromatic N) is 2. The minimum Gasteiger partial charge on any atom is -0.335 e. The van der Waals surface area contributed by atoms with Crippen LogP contribution in [0.2, 0.25) is 5.02 Å². The maximum absolute atomic E-state index is 12.8. The van der Waals surface area contributed by atoms with E-state index in [0.29, 0.717) is 29.2 Å². The molecule has 0 radical (unpaired) electrons. The maximum atomic E-state index is 12.8. The van der Waals surface area contributed by atoms with E-state index in [1.165, 1.54) is 23.3 Å². The minimum atomic E-state index is -0.265. The lowest BCUT2D eigenvalue weighted by Gasteiger charge is -2.30. The maximum Gasteiger partial charge on any atom is 0.244 e. The Morgan fingerprint density at radius 1 is 1.07 bits per heavy atom. The number of halogens is 1. The first-order chi connectivity index (χ1) is 13.9. The Bertz CT molecular complexity index is 839. The molecule has 3 rings (SSSR count). The second-order valence-electron chi connectivity index (χ2n) is 7.75. The fraction of sp³-hybridized carbons (Fsp3) is 0.391. The number of rotatable bonds is 9. The lowest BCUT2D eigenvalue weighted by Crippen LogP contribution is -2.44. The molecule has 0 saturated heterocycles. The first-order valence-electron chi connectivity index (χ1n) is 10.0. The van der Waals surface area contributed by atoms with Crippen LogP contribution in [0.5, 0.6) is 0 Å². The quantitative estimate of drug-likeness (QED) is 0.675. The number of carbonyl (C=O) groups excluding carboxylic acids is 2. The molecule has 29 heavy (non-hydrogen) atoms. The van der Waals surface area contributed by atoms with Crippen molar-refractivity contribution in [3.05, 3.63) is 65.2 Å². The summed E-state index contributed by atoms with van der Waals surface area (Å²) in [4.78, 5) is 28.9. The highest BCUT2D eigenvalue weighted by Gasteiger charge is 2.33. The fourth-order valence-corrected chi connectivity index (χ4v) is 3.57. The summed E-state index contributed by atoms with van der Waals surface area (Å²) >= 11 is 6.08. The van der Waals surface area contributed by atoms with Gasteiger partial charge in [-0.15, -0.1) is 0 Å². The third kappa shape index (κ3) is 6.31. The topological polar surface area (TPSA) is 52.7 Å². The monoisotopic (exact) mass is 413 g/mol. The van der Waals surface area contributed by atoms with Gasteiger partial charge in [-0.2, -0.15) is 0 Å². The van der Waals surface area contributed by atoms with Crippen LogP contribution in [0.4, 0.5) is 5.69 Å². The highest BCUT2D eigenvalue weighted by atomic mass is 35.5. The molecule has 1 aliphatic carbocycles. The van der Waals surface area contributed by atoms with Gasteiger partial charge in [0.05, 0.1) is 23.8 Å². The Balaban J connectivity index is 1.57. The van der Waals surface area contributed by atoms with E-state index in [1.807, 2.05) is 18.2 Å². The van der Waals surface area contributed by atoms with Crippen LogP contribution in [-0.2, 0) is 16.1 Å². The zero-order valence-corrected chi connectivity index (χ0v) is 17.7. The van der Waals surface area contributed by atoms with Crippen LogP contribution in [0.3, 0.4) is 0 Å². The van der Waals surface area contributed by atoms with E-state index in [-0.39, 0.29) is 18.4 Å². The van der Waals surface area contributed by atoms with Gasteiger partial charge in [0.25, 0.3) is 0 Å². The summed E-state index contributed by atoms with van der Waals surface area (Å²) in [6.07, 6.45) is 2.44. The van der Waals surface area contributed by atoms with Gasteiger partial charge in [0.1, 0.15) is 0 Å². The van der Waals surface area contributed by atoms with Gasteiger partial charge < -0.3 is 10.2 Å². The van der Waals surface area contributed by atoms with Gasteiger partial charge in [0, 0.05) is 19.6 Å². The molecule has 1 N–H and O–H groups in total. The van der Waals surface area contributed by atoms with Crippen molar-refractivity contribution in [2.45, 2.75) is 32.4 Å². The number of hydrogen-bond acceptors (Lipinski definition) is 3.